The Bertz CT molecular complexity index is 947. The molecule has 3 aromatic rings. The molecule has 1 aliphatic rings. The maximum atomic E-state index is 12.4. The number of amides is 1. The molecule has 1 fully saturated rings. The number of nitrogens with zero attached hydrogens (tertiary/aromatic N) is 3. The number of carbonyl (C=O) groups excluding carboxylic acids is 1. The Balaban J connectivity index is 1.47. The van der Waals surface area contributed by atoms with Gasteiger partial charge in [-0.1, -0.05) is 24.3 Å². The summed E-state index contributed by atoms with van der Waals surface area (Å²) in [4.78, 5) is 18.9. The van der Waals surface area contributed by atoms with E-state index in [0.717, 1.165) is 55.8 Å². The molecule has 5 nitrogen and oxygen atoms in total. The van der Waals surface area contributed by atoms with Crippen molar-refractivity contribution in [3.05, 3.63) is 48.0 Å². The molecule has 0 unspecified atom stereocenters. The summed E-state index contributed by atoms with van der Waals surface area (Å²) in [7, 11) is 4.09. The maximum absolute atomic E-state index is 12.4. The Morgan fingerprint density at radius 2 is 1.81 bits per heavy atom. The highest BCUT2D eigenvalue weighted by Gasteiger charge is 2.21. The van der Waals surface area contributed by atoms with Crippen molar-refractivity contribution < 1.29 is 9.21 Å². The third-order valence-electron chi connectivity index (χ3n) is 5.35. The summed E-state index contributed by atoms with van der Waals surface area (Å²) in [6, 6.07) is 14.6. The van der Waals surface area contributed by atoms with Crippen molar-refractivity contribution >= 4 is 27.8 Å². The van der Waals surface area contributed by atoms with Gasteiger partial charge in [-0.15, -0.1) is 0 Å². The van der Waals surface area contributed by atoms with E-state index in [9.17, 15) is 4.79 Å². The zero-order valence-corrected chi connectivity index (χ0v) is 16.1. The van der Waals surface area contributed by atoms with Crippen LogP contribution in [-0.2, 0) is 11.3 Å². The monoisotopic (exact) mass is 365 g/mol. The number of carbonyl (C=O) groups is 1. The van der Waals surface area contributed by atoms with Gasteiger partial charge in [0.1, 0.15) is 11.2 Å². The van der Waals surface area contributed by atoms with Crippen LogP contribution in [-0.4, -0.2) is 67.4 Å². The van der Waals surface area contributed by atoms with E-state index >= 15 is 0 Å². The highest BCUT2D eigenvalue weighted by molar-refractivity contribution is 6.04. The number of furan rings is 1. The number of para-hydroxylation sites is 1. The third-order valence-corrected chi connectivity index (χ3v) is 5.35. The lowest BCUT2D eigenvalue weighted by molar-refractivity contribution is -0.130. The van der Waals surface area contributed by atoms with Crippen LogP contribution in [0.3, 0.4) is 0 Å². The van der Waals surface area contributed by atoms with Crippen LogP contribution in [0, 0.1) is 0 Å². The van der Waals surface area contributed by atoms with Crippen molar-refractivity contribution in [3.63, 3.8) is 0 Å². The van der Waals surface area contributed by atoms with Gasteiger partial charge in [0.05, 0.1) is 0 Å². The van der Waals surface area contributed by atoms with Crippen LogP contribution in [0.25, 0.3) is 21.9 Å². The molecule has 2 heterocycles. The average molecular weight is 365 g/mol. The fraction of sp³-hybridized carbons (Fsp3) is 0.409. The zero-order valence-electron chi connectivity index (χ0n) is 16.1. The SMILES string of the molecule is CN(C)CCN1CCN(Cc2ccc3oc4ccccc4c3c2)CCC1=O. The molecule has 142 valence electrons. The lowest BCUT2D eigenvalue weighted by atomic mass is 10.1. The molecule has 0 atom stereocenters. The van der Waals surface area contributed by atoms with Crippen LogP contribution in [0.1, 0.15) is 12.0 Å². The van der Waals surface area contributed by atoms with Crippen LogP contribution < -0.4 is 0 Å². The molecule has 1 aliphatic heterocycles. The average Bonchev–Trinajstić information content (AvgIpc) is 2.93. The van der Waals surface area contributed by atoms with E-state index in [0.29, 0.717) is 6.42 Å². The van der Waals surface area contributed by atoms with Gasteiger partial charge in [-0.3, -0.25) is 9.69 Å². The second kappa shape index (κ2) is 7.71. The summed E-state index contributed by atoms with van der Waals surface area (Å²) in [6.07, 6.45) is 0.602. The quantitative estimate of drug-likeness (QED) is 0.696. The number of hydrogen-bond acceptors (Lipinski definition) is 4. The Kier molecular flexibility index (Phi) is 5.14. The molecule has 1 saturated heterocycles. The molecular formula is C22H27N3O2. The van der Waals surface area contributed by atoms with E-state index in [2.05, 4.69) is 34.1 Å². The Labute approximate surface area is 160 Å². The predicted molar refractivity (Wildman–Crippen MR) is 109 cm³/mol. The number of fused-ring (bicyclic) bond motifs is 3. The molecule has 1 amide bonds. The number of benzene rings is 2. The second-order valence-electron chi connectivity index (χ2n) is 7.64. The van der Waals surface area contributed by atoms with Gasteiger partial charge >= 0.3 is 0 Å². The Morgan fingerprint density at radius 3 is 2.67 bits per heavy atom. The summed E-state index contributed by atoms with van der Waals surface area (Å²) in [6.45, 7) is 5.14. The van der Waals surface area contributed by atoms with Crippen LogP contribution in [0.15, 0.2) is 46.9 Å². The first-order chi connectivity index (χ1) is 13.1. The molecular weight excluding hydrogens is 338 g/mol. The molecule has 2 aromatic carbocycles. The molecule has 1 aromatic heterocycles. The van der Waals surface area contributed by atoms with Gasteiger partial charge in [0.2, 0.25) is 5.91 Å². The van der Waals surface area contributed by atoms with Gasteiger partial charge < -0.3 is 14.2 Å². The lowest BCUT2D eigenvalue weighted by Crippen LogP contribution is -2.37. The van der Waals surface area contributed by atoms with Crippen molar-refractivity contribution in [3.8, 4) is 0 Å². The Morgan fingerprint density at radius 1 is 1.00 bits per heavy atom. The molecule has 0 aliphatic carbocycles. The molecule has 27 heavy (non-hydrogen) atoms. The molecule has 0 radical (unpaired) electrons. The highest BCUT2D eigenvalue weighted by atomic mass is 16.3. The van der Waals surface area contributed by atoms with Gasteiger partial charge in [0, 0.05) is 56.5 Å². The molecule has 0 bridgehead atoms. The minimum atomic E-state index is 0.274. The summed E-state index contributed by atoms with van der Waals surface area (Å²) in [5, 5.41) is 2.33. The number of likely N-dealkylation sites (N-methyl/N-ethyl adjacent to an activating group) is 1. The predicted octanol–water partition coefficient (Wildman–Crippen LogP) is 3.18. The fourth-order valence-electron chi connectivity index (χ4n) is 3.76. The fourth-order valence-corrected chi connectivity index (χ4v) is 3.76. The number of hydrogen-bond donors (Lipinski definition) is 0. The van der Waals surface area contributed by atoms with E-state index in [-0.39, 0.29) is 5.91 Å². The standard InChI is InChI=1S/C22H27N3O2/c1-23(2)11-13-25-14-12-24(10-9-22(25)26)16-17-7-8-21-19(15-17)18-5-3-4-6-20(18)27-21/h3-8,15H,9-14,16H2,1-2H3. The first-order valence-electron chi connectivity index (χ1n) is 9.65. The maximum Gasteiger partial charge on any atom is 0.223 e. The summed E-state index contributed by atoms with van der Waals surface area (Å²) in [5.74, 6) is 0.274. The summed E-state index contributed by atoms with van der Waals surface area (Å²) >= 11 is 0. The Hall–Kier alpha value is -2.37. The molecule has 4 rings (SSSR count). The molecule has 0 saturated carbocycles. The van der Waals surface area contributed by atoms with Gasteiger partial charge in [-0.05, 0) is 37.9 Å². The number of rotatable bonds is 5. The van der Waals surface area contributed by atoms with Gasteiger partial charge in [-0.25, -0.2) is 0 Å². The summed E-state index contributed by atoms with van der Waals surface area (Å²) in [5.41, 5.74) is 3.13. The van der Waals surface area contributed by atoms with E-state index in [1.54, 1.807) is 0 Å². The minimum absolute atomic E-state index is 0.274. The van der Waals surface area contributed by atoms with Gasteiger partial charge in [0.25, 0.3) is 0 Å². The molecule has 5 heteroatoms. The van der Waals surface area contributed by atoms with Crippen LogP contribution in [0.2, 0.25) is 0 Å². The smallest absolute Gasteiger partial charge is 0.223 e. The minimum Gasteiger partial charge on any atom is -0.456 e. The van der Waals surface area contributed by atoms with Crippen molar-refractivity contribution in [1.29, 1.82) is 0 Å². The topological polar surface area (TPSA) is 39.9 Å². The highest BCUT2D eigenvalue weighted by Crippen LogP contribution is 2.29. The van der Waals surface area contributed by atoms with Gasteiger partial charge in [-0.2, -0.15) is 0 Å². The summed E-state index contributed by atoms with van der Waals surface area (Å²) < 4.78 is 5.92. The largest absolute Gasteiger partial charge is 0.456 e. The van der Waals surface area contributed by atoms with Crippen molar-refractivity contribution in [2.45, 2.75) is 13.0 Å². The second-order valence-corrected chi connectivity index (χ2v) is 7.64. The van der Waals surface area contributed by atoms with Crippen LogP contribution in [0.4, 0.5) is 0 Å². The van der Waals surface area contributed by atoms with E-state index in [1.807, 2.05) is 37.2 Å². The van der Waals surface area contributed by atoms with Crippen LogP contribution in [0.5, 0.6) is 0 Å². The molecule has 0 N–H and O–H groups in total. The van der Waals surface area contributed by atoms with Gasteiger partial charge in [0.15, 0.2) is 0 Å². The van der Waals surface area contributed by atoms with E-state index in [4.69, 9.17) is 4.42 Å². The normalized spacial score (nSPS) is 16.6. The van der Waals surface area contributed by atoms with Crippen molar-refractivity contribution in [2.24, 2.45) is 0 Å². The van der Waals surface area contributed by atoms with Crippen molar-refractivity contribution in [1.82, 2.24) is 14.7 Å². The van der Waals surface area contributed by atoms with Crippen molar-refractivity contribution in [2.75, 3.05) is 46.8 Å². The first kappa shape index (κ1) is 18.0. The third kappa shape index (κ3) is 3.99. The molecule has 0 spiro atoms. The zero-order chi connectivity index (χ0) is 18.8. The first-order valence-corrected chi connectivity index (χ1v) is 9.65. The van der Waals surface area contributed by atoms with E-state index < -0.39 is 0 Å². The van der Waals surface area contributed by atoms with E-state index in [1.165, 1.54) is 10.9 Å². The lowest BCUT2D eigenvalue weighted by Gasteiger charge is -2.23. The van der Waals surface area contributed by atoms with Crippen LogP contribution >= 0.6 is 0 Å².